The third-order valence-electron chi connectivity index (χ3n) is 5.14. The first-order chi connectivity index (χ1) is 16.5. The maximum atomic E-state index is 12.4. The highest BCUT2D eigenvalue weighted by Gasteiger charge is 2.19. The van der Waals surface area contributed by atoms with E-state index >= 15 is 0 Å². The van der Waals surface area contributed by atoms with Gasteiger partial charge in [-0.2, -0.15) is 5.10 Å². The molecule has 0 bridgehead atoms. The molecule has 3 aromatic carbocycles. The number of nitrogens with zero attached hydrogens (tertiary/aromatic N) is 3. The van der Waals surface area contributed by atoms with Crippen LogP contribution < -0.4 is 10.1 Å². The standard InChI is InChI=1S/C26H22N4O4/c1-34-24-14-12-20(16-23(24)30(32)33)26-21(18-29(28-26)22-10-6-3-7-11-22)13-15-25(31)27-17-19-8-4-2-5-9-19/h2-16,18H,17H2,1H3,(H,27,31). The summed E-state index contributed by atoms with van der Waals surface area (Å²) in [5, 5.41) is 19.0. The Hall–Kier alpha value is -4.72. The fraction of sp³-hybridized carbons (Fsp3) is 0.0769. The molecule has 8 heteroatoms. The molecule has 1 amide bonds. The molecule has 0 fully saturated rings. The summed E-state index contributed by atoms with van der Waals surface area (Å²) in [6.45, 7) is 0.408. The van der Waals surface area contributed by atoms with E-state index in [-0.39, 0.29) is 17.3 Å². The molecule has 0 saturated carbocycles. The summed E-state index contributed by atoms with van der Waals surface area (Å²) >= 11 is 0. The number of nitro benzene ring substituents is 1. The van der Waals surface area contributed by atoms with Crippen molar-refractivity contribution in [1.29, 1.82) is 0 Å². The molecular formula is C26H22N4O4. The van der Waals surface area contributed by atoms with Crippen molar-refractivity contribution in [2.24, 2.45) is 0 Å². The second-order valence-corrected chi connectivity index (χ2v) is 7.39. The molecule has 1 aromatic heterocycles. The lowest BCUT2D eigenvalue weighted by Gasteiger charge is -2.04. The number of ether oxygens (including phenoxy) is 1. The molecule has 0 aliphatic carbocycles. The maximum absolute atomic E-state index is 12.4. The van der Waals surface area contributed by atoms with Gasteiger partial charge in [-0.15, -0.1) is 0 Å². The van der Waals surface area contributed by atoms with Crippen LogP contribution in [0.2, 0.25) is 0 Å². The SMILES string of the molecule is COc1ccc(-c2nn(-c3ccccc3)cc2C=CC(=O)NCc2ccccc2)cc1[N+](=O)[O-]. The number of nitro groups is 1. The smallest absolute Gasteiger partial charge is 0.311 e. The van der Waals surface area contributed by atoms with E-state index in [1.165, 1.54) is 25.3 Å². The fourth-order valence-electron chi connectivity index (χ4n) is 3.44. The van der Waals surface area contributed by atoms with Gasteiger partial charge in [0.05, 0.1) is 17.7 Å². The molecule has 170 valence electrons. The van der Waals surface area contributed by atoms with Gasteiger partial charge in [0.25, 0.3) is 0 Å². The molecule has 34 heavy (non-hydrogen) atoms. The molecule has 8 nitrogen and oxygen atoms in total. The van der Waals surface area contributed by atoms with Crippen molar-refractivity contribution in [2.45, 2.75) is 6.54 Å². The molecule has 0 saturated heterocycles. The summed E-state index contributed by atoms with van der Waals surface area (Å²) in [6, 6.07) is 23.7. The number of aromatic nitrogens is 2. The quantitative estimate of drug-likeness (QED) is 0.235. The van der Waals surface area contributed by atoms with Crippen LogP contribution in [0.1, 0.15) is 11.1 Å². The van der Waals surface area contributed by atoms with Crippen LogP contribution in [0.25, 0.3) is 23.0 Å². The number of nitrogens with one attached hydrogen (secondary N) is 1. The molecular weight excluding hydrogens is 432 g/mol. The third-order valence-corrected chi connectivity index (χ3v) is 5.14. The highest BCUT2D eigenvalue weighted by molar-refractivity contribution is 5.92. The Morgan fingerprint density at radius 1 is 1.09 bits per heavy atom. The number of amides is 1. The second-order valence-electron chi connectivity index (χ2n) is 7.39. The van der Waals surface area contributed by atoms with Crippen molar-refractivity contribution in [1.82, 2.24) is 15.1 Å². The molecule has 1 N–H and O–H groups in total. The van der Waals surface area contributed by atoms with Crippen molar-refractivity contribution in [3.8, 4) is 22.7 Å². The van der Waals surface area contributed by atoms with Gasteiger partial charge in [0.1, 0.15) is 5.69 Å². The maximum Gasteiger partial charge on any atom is 0.311 e. The van der Waals surface area contributed by atoms with Gasteiger partial charge in [-0.3, -0.25) is 14.9 Å². The van der Waals surface area contributed by atoms with Crippen LogP contribution in [-0.4, -0.2) is 27.7 Å². The van der Waals surface area contributed by atoms with Gasteiger partial charge in [0.2, 0.25) is 5.91 Å². The Bertz CT molecular complexity index is 1330. The predicted molar refractivity (Wildman–Crippen MR) is 130 cm³/mol. The molecule has 0 aliphatic heterocycles. The van der Waals surface area contributed by atoms with Crippen molar-refractivity contribution >= 4 is 17.7 Å². The van der Waals surface area contributed by atoms with Gasteiger partial charge in [-0.25, -0.2) is 4.68 Å². The molecule has 0 unspecified atom stereocenters. The van der Waals surface area contributed by atoms with Crippen molar-refractivity contribution < 1.29 is 14.5 Å². The van der Waals surface area contributed by atoms with Crippen LogP contribution in [0.3, 0.4) is 0 Å². The topological polar surface area (TPSA) is 99.3 Å². The number of rotatable bonds is 8. The molecule has 1 heterocycles. The Balaban J connectivity index is 1.66. The van der Waals surface area contributed by atoms with E-state index in [4.69, 9.17) is 4.74 Å². The minimum Gasteiger partial charge on any atom is -0.490 e. The normalized spacial score (nSPS) is 10.9. The second kappa shape index (κ2) is 10.3. The largest absolute Gasteiger partial charge is 0.490 e. The van der Waals surface area contributed by atoms with Crippen LogP contribution in [0, 0.1) is 10.1 Å². The zero-order chi connectivity index (χ0) is 23.9. The van der Waals surface area contributed by atoms with Crippen LogP contribution >= 0.6 is 0 Å². The first kappa shape index (κ1) is 22.5. The van der Waals surface area contributed by atoms with E-state index in [9.17, 15) is 14.9 Å². The Kier molecular flexibility index (Phi) is 6.78. The predicted octanol–water partition coefficient (Wildman–Crippen LogP) is 4.79. The fourth-order valence-corrected chi connectivity index (χ4v) is 3.44. The first-order valence-corrected chi connectivity index (χ1v) is 10.5. The van der Waals surface area contributed by atoms with Gasteiger partial charge in [0.15, 0.2) is 5.75 Å². The van der Waals surface area contributed by atoms with Crippen molar-refractivity contribution in [3.05, 3.63) is 112 Å². The number of carbonyl (C=O) groups is 1. The highest BCUT2D eigenvalue weighted by atomic mass is 16.6. The van der Waals surface area contributed by atoms with E-state index in [0.717, 1.165) is 11.3 Å². The summed E-state index contributed by atoms with van der Waals surface area (Å²) < 4.78 is 6.78. The van der Waals surface area contributed by atoms with Crippen LogP contribution in [0.4, 0.5) is 5.69 Å². The molecule has 0 atom stereocenters. The number of hydrogen-bond donors (Lipinski definition) is 1. The zero-order valence-electron chi connectivity index (χ0n) is 18.4. The number of methoxy groups -OCH3 is 1. The Morgan fingerprint density at radius 2 is 1.79 bits per heavy atom. The van der Waals surface area contributed by atoms with Gasteiger partial charge < -0.3 is 10.1 Å². The van der Waals surface area contributed by atoms with E-state index in [2.05, 4.69) is 10.4 Å². The minimum absolute atomic E-state index is 0.161. The summed E-state index contributed by atoms with van der Waals surface area (Å²) in [5.41, 5.74) is 3.32. The van der Waals surface area contributed by atoms with E-state index in [1.54, 1.807) is 23.0 Å². The van der Waals surface area contributed by atoms with Crippen LogP contribution in [0.5, 0.6) is 5.75 Å². The number of carbonyl (C=O) groups excluding carboxylic acids is 1. The zero-order valence-corrected chi connectivity index (χ0v) is 18.4. The number of hydrogen-bond acceptors (Lipinski definition) is 5. The molecule has 4 aromatic rings. The molecule has 0 aliphatic rings. The van der Waals surface area contributed by atoms with E-state index in [1.807, 2.05) is 60.7 Å². The van der Waals surface area contributed by atoms with Crippen LogP contribution in [0.15, 0.2) is 91.1 Å². The molecule has 0 spiro atoms. The van der Waals surface area contributed by atoms with Gasteiger partial charge in [-0.1, -0.05) is 48.5 Å². The van der Waals surface area contributed by atoms with Crippen molar-refractivity contribution in [2.75, 3.05) is 7.11 Å². The monoisotopic (exact) mass is 454 g/mol. The summed E-state index contributed by atoms with van der Waals surface area (Å²) in [7, 11) is 1.38. The van der Waals surface area contributed by atoms with E-state index in [0.29, 0.717) is 23.4 Å². The molecule has 0 radical (unpaired) electrons. The Morgan fingerprint density at radius 3 is 2.47 bits per heavy atom. The Labute approximate surface area is 196 Å². The summed E-state index contributed by atoms with van der Waals surface area (Å²) in [5.74, 6) is -0.100. The number of para-hydroxylation sites is 1. The third kappa shape index (κ3) is 5.18. The van der Waals surface area contributed by atoms with Gasteiger partial charge >= 0.3 is 5.69 Å². The molecule has 4 rings (SSSR count). The van der Waals surface area contributed by atoms with Gasteiger partial charge in [-0.05, 0) is 35.9 Å². The van der Waals surface area contributed by atoms with Crippen LogP contribution in [-0.2, 0) is 11.3 Å². The minimum atomic E-state index is -0.497. The lowest BCUT2D eigenvalue weighted by molar-refractivity contribution is -0.385. The number of benzene rings is 3. The first-order valence-electron chi connectivity index (χ1n) is 10.5. The van der Waals surface area contributed by atoms with Gasteiger partial charge in [0, 0.05) is 36.0 Å². The lowest BCUT2D eigenvalue weighted by Crippen LogP contribution is -2.20. The highest BCUT2D eigenvalue weighted by Crippen LogP contribution is 2.33. The summed E-state index contributed by atoms with van der Waals surface area (Å²) in [6.07, 6.45) is 4.86. The average molecular weight is 454 g/mol. The average Bonchev–Trinajstić information content (AvgIpc) is 3.31. The lowest BCUT2D eigenvalue weighted by atomic mass is 10.1. The van der Waals surface area contributed by atoms with Crippen molar-refractivity contribution in [3.63, 3.8) is 0 Å². The van der Waals surface area contributed by atoms with E-state index < -0.39 is 4.92 Å². The summed E-state index contributed by atoms with van der Waals surface area (Å²) in [4.78, 5) is 23.4.